The fraction of sp³-hybridized carbons (Fsp3) is 0.500. The van der Waals surface area contributed by atoms with Crippen LogP contribution in [0.4, 0.5) is 0 Å². The van der Waals surface area contributed by atoms with Gasteiger partial charge in [0.25, 0.3) is 0 Å². The summed E-state index contributed by atoms with van der Waals surface area (Å²) in [7, 11) is 1.91. The summed E-state index contributed by atoms with van der Waals surface area (Å²) in [5.74, 6) is 0.124. The maximum atomic E-state index is 11.9. The minimum absolute atomic E-state index is 0.0120. The predicted molar refractivity (Wildman–Crippen MR) is 99.2 cm³/mol. The number of piperidine rings is 1. The van der Waals surface area contributed by atoms with Crippen LogP contribution in [0.5, 0.6) is 0 Å². The number of aryl methyl sites for hydroxylation is 2. The molecule has 2 aromatic rings. The van der Waals surface area contributed by atoms with Crippen LogP contribution >= 0.6 is 0 Å². The lowest BCUT2D eigenvalue weighted by atomic mass is 9.92. The van der Waals surface area contributed by atoms with Crippen molar-refractivity contribution in [3.05, 3.63) is 53.3 Å². The standard InChI is InChI=1S/C20H28N4O/c1-4-17(11-15-7-5-14(2)6-8-15)22-18-9-10-19(25)23-20(18)16-12-21-24(3)13-16/h5-8,12-13,17-18,20,22H,4,9-11H2,1-3H3,(H,23,25)/t17-,18-,20+/m1/s1. The largest absolute Gasteiger partial charge is 0.348 e. The fourth-order valence-corrected chi connectivity index (χ4v) is 3.53. The zero-order chi connectivity index (χ0) is 17.8. The number of hydrogen-bond donors (Lipinski definition) is 2. The monoisotopic (exact) mass is 340 g/mol. The van der Waals surface area contributed by atoms with Gasteiger partial charge in [-0.2, -0.15) is 5.10 Å². The van der Waals surface area contributed by atoms with Crippen molar-refractivity contribution in [1.82, 2.24) is 20.4 Å². The van der Waals surface area contributed by atoms with E-state index in [9.17, 15) is 4.79 Å². The number of carbonyl (C=O) groups is 1. The molecule has 1 aliphatic rings. The van der Waals surface area contributed by atoms with Crippen LogP contribution in [0.3, 0.4) is 0 Å². The molecule has 5 nitrogen and oxygen atoms in total. The Morgan fingerprint density at radius 1 is 1.36 bits per heavy atom. The number of amides is 1. The number of nitrogens with zero attached hydrogens (tertiary/aromatic N) is 2. The minimum atomic E-state index is -0.0120. The molecule has 0 saturated carbocycles. The van der Waals surface area contributed by atoms with Crippen LogP contribution < -0.4 is 10.6 Å². The molecule has 1 fully saturated rings. The van der Waals surface area contributed by atoms with E-state index in [0.717, 1.165) is 24.8 Å². The van der Waals surface area contributed by atoms with E-state index in [1.807, 2.05) is 19.4 Å². The van der Waals surface area contributed by atoms with Gasteiger partial charge < -0.3 is 10.6 Å². The Kier molecular flexibility index (Phi) is 5.53. The molecule has 1 amide bonds. The van der Waals surface area contributed by atoms with Gasteiger partial charge in [-0.05, 0) is 31.7 Å². The molecule has 2 N–H and O–H groups in total. The molecule has 3 rings (SSSR count). The van der Waals surface area contributed by atoms with Gasteiger partial charge in [0.1, 0.15) is 0 Å². The molecule has 25 heavy (non-hydrogen) atoms. The quantitative estimate of drug-likeness (QED) is 0.850. The number of benzene rings is 1. The van der Waals surface area contributed by atoms with Crippen molar-refractivity contribution in [2.45, 2.75) is 57.7 Å². The molecule has 1 aromatic carbocycles. The Morgan fingerprint density at radius 3 is 2.76 bits per heavy atom. The Balaban J connectivity index is 1.70. The first-order chi connectivity index (χ1) is 12.0. The third-order valence-electron chi connectivity index (χ3n) is 5.03. The van der Waals surface area contributed by atoms with Crippen LogP contribution in [0, 0.1) is 6.92 Å². The van der Waals surface area contributed by atoms with E-state index in [1.54, 1.807) is 4.68 Å². The van der Waals surface area contributed by atoms with Gasteiger partial charge in [-0.15, -0.1) is 0 Å². The van der Waals surface area contributed by atoms with Crippen molar-refractivity contribution < 1.29 is 4.79 Å². The second-order valence-electron chi connectivity index (χ2n) is 7.10. The average molecular weight is 340 g/mol. The van der Waals surface area contributed by atoms with Gasteiger partial charge in [0.05, 0.1) is 12.2 Å². The second kappa shape index (κ2) is 7.83. The Bertz CT molecular complexity index is 707. The summed E-state index contributed by atoms with van der Waals surface area (Å²) < 4.78 is 1.79. The lowest BCUT2D eigenvalue weighted by Crippen LogP contribution is -2.51. The zero-order valence-electron chi connectivity index (χ0n) is 15.3. The highest BCUT2D eigenvalue weighted by Crippen LogP contribution is 2.25. The van der Waals surface area contributed by atoms with Gasteiger partial charge in [0, 0.05) is 37.3 Å². The van der Waals surface area contributed by atoms with E-state index >= 15 is 0 Å². The summed E-state index contributed by atoms with van der Waals surface area (Å²) in [4.78, 5) is 11.9. The van der Waals surface area contributed by atoms with Crippen molar-refractivity contribution in [2.24, 2.45) is 7.05 Å². The molecule has 5 heteroatoms. The number of rotatable bonds is 6. The lowest BCUT2D eigenvalue weighted by Gasteiger charge is -2.35. The first-order valence-corrected chi connectivity index (χ1v) is 9.14. The maximum Gasteiger partial charge on any atom is 0.220 e. The van der Waals surface area contributed by atoms with E-state index in [1.165, 1.54) is 11.1 Å². The molecule has 0 unspecified atom stereocenters. The zero-order valence-corrected chi connectivity index (χ0v) is 15.3. The van der Waals surface area contributed by atoms with E-state index in [-0.39, 0.29) is 18.0 Å². The Morgan fingerprint density at radius 2 is 2.12 bits per heavy atom. The van der Waals surface area contributed by atoms with Crippen molar-refractivity contribution in [1.29, 1.82) is 0 Å². The topological polar surface area (TPSA) is 59.0 Å². The van der Waals surface area contributed by atoms with Gasteiger partial charge in [-0.25, -0.2) is 0 Å². The van der Waals surface area contributed by atoms with Gasteiger partial charge in [-0.1, -0.05) is 36.8 Å². The molecule has 134 valence electrons. The first-order valence-electron chi connectivity index (χ1n) is 9.14. The summed E-state index contributed by atoms with van der Waals surface area (Å²) in [6, 6.07) is 9.37. The average Bonchev–Trinajstić information content (AvgIpc) is 3.04. The molecular weight excluding hydrogens is 312 g/mol. The van der Waals surface area contributed by atoms with Crippen LogP contribution in [-0.4, -0.2) is 27.8 Å². The van der Waals surface area contributed by atoms with Gasteiger partial charge in [0.15, 0.2) is 0 Å². The Hall–Kier alpha value is -2.14. The maximum absolute atomic E-state index is 11.9. The van der Waals surface area contributed by atoms with Crippen LogP contribution in [0.2, 0.25) is 0 Å². The SMILES string of the molecule is CC[C@H](Cc1ccc(C)cc1)N[C@@H]1CCC(=O)N[C@H]1c1cnn(C)c1. The highest BCUT2D eigenvalue weighted by Gasteiger charge is 2.31. The smallest absolute Gasteiger partial charge is 0.220 e. The van der Waals surface area contributed by atoms with Crippen molar-refractivity contribution in [3.63, 3.8) is 0 Å². The third kappa shape index (κ3) is 4.48. The fourth-order valence-electron chi connectivity index (χ4n) is 3.53. The van der Waals surface area contributed by atoms with Gasteiger partial charge >= 0.3 is 0 Å². The molecule has 3 atom stereocenters. The van der Waals surface area contributed by atoms with Gasteiger partial charge in [0.2, 0.25) is 5.91 Å². The van der Waals surface area contributed by atoms with E-state index in [4.69, 9.17) is 0 Å². The third-order valence-corrected chi connectivity index (χ3v) is 5.03. The van der Waals surface area contributed by atoms with Crippen LogP contribution in [-0.2, 0) is 18.3 Å². The second-order valence-corrected chi connectivity index (χ2v) is 7.10. The predicted octanol–water partition coefficient (Wildman–Crippen LogP) is 2.66. The van der Waals surface area contributed by atoms with Gasteiger partial charge in [-0.3, -0.25) is 9.48 Å². The van der Waals surface area contributed by atoms with Crippen LogP contribution in [0.1, 0.15) is 48.9 Å². The normalized spacial score (nSPS) is 21.8. The molecule has 1 aliphatic heterocycles. The molecule has 2 heterocycles. The summed E-state index contributed by atoms with van der Waals surface area (Å²) in [6.45, 7) is 4.33. The number of carbonyl (C=O) groups excluding carboxylic acids is 1. The van der Waals surface area contributed by atoms with Crippen molar-refractivity contribution >= 4 is 5.91 Å². The number of hydrogen-bond acceptors (Lipinski definition) is 3. The Labute approximate surface area is 149 Å². The molecular formula is C20H28N4O. The lowest BCUT2D eigenvalue weighted by molar-refractivity contribution is -0.124. The summed E-state index contributed by atoms with van der Waals surface area (Å²) in [5, 5.41) is 11.2. The first kappa shape index (κ1) is 17.7. The van der Waals surface area contributed by atoms with Crippen LogP contribution in [0.15, 0.2) is 36.7 Å². The molecule has 0 radical (unpaired) electrons. The van der Waals surface area contributed by atoms with E-state index in [2.05, 4.69) is 53.8 Å². The minimum Gasteiger partial charge on any atom is -0.348 e. The summed E-state index contributed by atoms with van der Waals surface area (Å²) in [6.07, 6.45) is 7.34. The number of nitrogens with one attached hydrogen (secondary N) is 2. The van der Waals surface area contributed by atoms with Crippen LogP contribution in [0.25, 0.3) is 0 Å². The van der Waals surface area contributed by atoms with E-state index in [0.29, 0.717) is 12.5 Å². The molecule has 0 bridgehead atoms. The van der Waals surface area contributed by atoms with Crippen molar-refractivity contribution in [3.8, 4) is 0 Å². The molecule has 0 spiro atoms. The van der Waals surface area contributed by atoms with E-state index < -0.39 is 0 Å². The summed E-state index contributed by atoms with van der Waals surface area (Å²) >= 11 is 0. The molecule has 1 saturated heterocycles. The summed E-state index contributed by atoms with van der Waals surface area (Å²) in [5.41, 5.74) is 3.71. The highest BCUT2D eigenvalue weighted by molar-refractivity contribution is 5.77. The number of aromatic nitrogens is 2. The highest BCUT2D eigenvalue weighted by atomic mass is 16.1. The van der Waals surface area contributed by atoms with Crippen molar-refractivity contribution in [2.75, 3.05) is 0 Å². The molecule has 1 aromatic heterocycles. The molecule has 0 aliphatic carbocycles.